The minimum Gasteiger partial charge on any atom is -0.448 e. The minimum absolute atomic E-state index is 0.0695. The molecule has 102 valence electrons. The van der Waals surface area contributed by atoms with Gasteiger partial charge in [0.25, 0.3) is 0 Å². The number of furan rings is 1. The minimum atomic E-state index is -0.0695. The number of benzene rings is 1. The molecule has 2 heterocycles. The highest BCUT2D eigenvalue weighted by Crippen LogP contribution is 2.25. The third-order valence-electron chi connectivity index (χ3n) is 3.12. The number of nitrogens with zero attached hydrogens (tertiary/aromatic N) is 2. The fraction of sp³-hybridized carbons (Fsp3) is 0.133. The normalized spacial score (nSPS) is 12.5. The average Bonchev–Trinajstić information content (AvgIpc) is 3.11. The van der Waals surface area contributed by atoms with E-state index in [0.29, 0.717) is 5.22 Å². The van der Waals surface area contributed by atoms with Crippen molar-refractivity contribution in [2.45, 2.75) is 6.04 Å². The van der Waals surface area contributed by atoms with E-state index in [2.05, 4.69) is 10.4 Å². The summed E-state index contributed by atoms with van der Waals surface area (Å²) in [6.07, 6.45) is 3.80. The van der Waals surface area contributed by atoms with Crippen molar-refractivity contribution < 1.29 is 4.42 Å². The van der Waals surface area contributed by atoms with E-state index in [-0.39, 0.29) is 6.04 Å². The molecule has 20 heavy (non-hydrogen) atoms. The summed E-state index contributed by atoms with van der Waals surface area (Å²) in [5.74, 6) is 0.769. The zero-order valence-corrected chi connectivity index (χ0v) is 11.7. The maximum absolute atomic E-state index is 5.83. The Morgan fingerprint density at radius 2 is 2.00 bits per heavy atom. The summed E-state index contributed by atoms with van der Waals surface area (Å²) in [6, 6.07) is 13.5. The Bertz CT molecular complexity index is 690. The highest BCUT2D eigenvalue weighted by atomic mass is 35.5. The van der Waals surface area contributed by atoms with Crippen LogP contribution in [-0.4, -0.2) is 16.8 Å². The molecule has 5 heteroatoms. The van der Waals surface area contributed by atoms with Crippen molar-refractivity contribution in [2.75, 3.05) is 7.05 Å². The van der Waals surface area contributed by atoms with Gasteiger partial charge in [-0.25, -0.2) is 4.68 Å². The van der Waals surface area contributed by atoms with E-state index >= 15 is 0 Å². The second-order valence-corrected chi connectivity index (χ2v) is 4.79. The first kappa shape index (κ1) is 13.0. The second-order valence-electron chi connectivity index (χ2n) is 4.42. The Kier molecular flexibility index (Phi) is 3.58. The van der Waals surface area contributed by atoms with Crippen molar-refractivity contribution in [3.8, 4) is 5.69 Å². The van der Waals surface area contributed by atoms with E-state index in [0.717, 1.165) is 17.0 Å². The lowest BCUT2D eigenvalue weighted by atomic mass is 10.1. The van der Waals surface area contributed by atoms with Crippen LogP contribution in [0.25, 0.3) is 5.69 Å². The molecule has 3 rings (SSSR count). The maximum Gasteiger partial charge on any atom is 0.193 e. The number of nitrogens with one attached hydrogen (secondary N) is 1. The number of hydrogen-bond acceptors (Lipinski definition) is 3. The highest BCUT2D eigenvalue weighted by Gasteiger charge is 2.17. The van der Waals surface area contributed by atoms with E-state index in [1.54, 1.807) is 6.07 Å². The standard InChI is InChI=1S/C15H14ClN3O/c1-17-15(13-7-8-14(16)20-13)11-9-18-19(10-11)12-5-3-2-4-6-12/h2-10,15,17H,1H3. The van der Waals surface area contributed by atoms with Crippen LogP contribution in [-0.2, 0) is 0 Å². The molecule has 3 aromatic rings. The monoisotopic (exact) mass is 287 g/mol. The van der Waals surface area contributed by atoms with Crippen LogP contribution in [0.2, 0.25) is 5.22 Å². The average molecular weight is 288 g/mol. The molecule has 0 aliphatic rings. The largest absolute Gasteiger partial charge is 0.448 e. The number of hydrogen-bond donors (Lipinski definition) is 1. The second kappa shape index (κ2) is 5.53. The Balaban J connectivity index is 1.92. The fourth-order valence-electron chi connectivity index (χ4n) is 2.16. The van der Waals surface area contributed by atoms with Gasteiger partial charge in [-0.15, -0.1) is 0 Å². The van der Waals surface area contributed by atoms with E-state index in [9.17, 15) is 0 Å². The Hall–Kier alpha value is -2.04. The molecule has 0 saturated heterocycles. The first-order chi connectivity index (χ1) is 9.78. The molecular formula is C15H14ClN3O. The molecular weight excluding hydrogens is 274 g/mol. The molecule has 0 aliphatic heterocycles. The zero-order valence-electron chi connectivity index (χ0n) is 11.0. The van der Waals surface area contributed by atoms with Gasteiger partial charge in [-0.05, 0) is 42.9 Å². The lowest BCUT2D eigenvalue weighted by Gasteiger charge is -2.10. The van der Waals surface area contributed by atoms with Gasteiger partial charge in [0.05, 0.1) is 17.9 Å². The van der Waals surface area contributed by atoms with Crippen LogP contribution in [0.3, 0.4) is 0 Å². The van der Waals surface area contributed by atoms with Crippen LogP contribution in [0.15, 0.2) is 59.3 Å². The van der Waals surface area contributed by atoms with Gasteiger partial charge in [0.2, 0.25) is 0 Å². The highest BCUT2D eigenvalue weighted by molar-refractivity contribution is 6.28. The first-order valence-electron chi connectivity index (χ1n) is 6.30. The molecule has 0 saturated carbocycles. The van der Waals surface area contributed by atoms with E-state index in [1.807, 2.05) is 60.5 Å². The quantitative estimate of drug-likeness (QED) is 0.799. The molecule has 0 fully saturated rings. The van der Waals surface area contributed by atoms with Crippen LogP contribution >= 0.6 is 11.6 Å². The molecule has 4 nitrogen and oxygen atoms in total. The summed E-state index contributed by atoms with van der Waals surface area (Å²) in [4.78, 5) is 0. The molecule has 1 atom stereocenters. The predicted octanol–water partition coefficient (Wildman–Crippen LogP) is 3.43. The molecule has 1 aromatic carbocycles. The van der Waals surface area contributed by atoms with Gasteiger partial charge in [-0.3, -0.25) is 0 Å². The Morgan fingerprint density at radius 1 is 1.20 bits per heavy atom. The molecule has 1 unspecified atom stereocenters. The van der Waals surface area contributed by atoms with Crippen molar-refractivity contribution in [2.24, 2.45) is 0 Å². The zero-order chi connectivity index (χ0) is 13.9. The summed E-state index contributed by atoms with van der Waals surface area (Å²) >= 11 is 5.83. The lowest BCUT2D eigenvalue weighted by Crippen LogP contribution is -2.16. The van der Waals surface area contributed by atoms with Crippen LogP contribution < -0.4 is 5.32 Å². The van der Waals surface area contributed by atoms with Crippen LogP contribution in [0.5, 0.6) is 0 Å². The molecule has 0 radical (unpaired) electrons. The third kappa shape index (κ3) is 2.48. The summed E-state index contributed by atoms with van der Waals surface area (Å²) in [7, 11) is 1.88. The number of aromatic nitrogens is 2. The van der Waals surface area contributed by atoms with Gasteiger partial charge in [-0.1, -0.05) is 18.2 Å². The third-order valence-corrected chi connectivity index (χ3v) is 3.33. The van der Waals surface area contributed by atoms with Gasteiger partial charge in [-0.2, -0.15) is 5.10 Å². The first-order valence-corrected chi connectivity index (χ1v) is 6.68. The van der Waals surface area contributed by atoms with Gasteiger partial charge < -0.3 is 9.73 Å². The van der Waals surface area contributed by atoms with Gasteiger partial charge >= 0.3 is 0 Å². The molecule has 2 aromatic heterocycles. The molecule has 1 N–H and O–H groups in total. The Labute approximate surface area is 122 Å². The smallest absolute Gasteiger partial charge is 0.193 e. The van der Waals surface area contributed by atoms with Crippen molar-refractivity contribution in [3.63, 3.8) is 0 Å². The number of halogens is 1. The van der Waals surface area contributed by atoms with E-state index in [4.69, 9.17) is 16.0 Å². The van der Waals surface area contributed by atoms with Crippen molar-refractivity contribution >= 4 is 11.6 Å². The van der Waals surface area contributed by atoms with Crippen molar-refractivity contribution in [1.82, 2.24) is 15.1 Å². The topological polar surface area (TPSA) is 43.0 Å². The van der Waals surface area contributed by atoms with Crippen molar-refractivity contribution in [1.29, 1.82) is 0 Å². The fourth-order valence-corrected chi connectivity index (χ4v) is 2.32. The van der Waals surface area contributed by atoms with E-state index < -0.39 is 0 Å². The number of para-hydroxylation sites is 1. The molecule has 0 amide bonds. The molecule has 0 bridgehead atoms. The maximum atomic E-state index is 5.83. The van der Waals surface area contributed by atoms with E-state index in [1.165, 1.54) is 0 Å². The van der Waals surface area contributed by atoms with Gasteiger partial charge in [0.15, 0.2) is 5.22 Å². The van der Waals surface area contributed by atoms with Crippen LogP contribution in [0.4, 0.5) is 0 Å². The number of rotatable bonds is 4. The molecule has 0 aliphatic carbocycles. The molecule has 0 spiro atoms. The summed E-state index contributed by atoms with van der Waals surface area (Å²) in [6.45, 7) is 0. The summed E-state index contributed by atoms with van der Waals surface area (Å²) in [5.41, 5.74) is 2.04. The van der Waals surface area contributed by atoms with Gasteiger partial charge in [0, 0.05) is 11.8 Å². The summed E-state index contributed by atoms with van der Waals surface area (Å²) < 4.78 is 7.31. The SMILES string of the molecule is CNC(c1cnn(-c2ccccc2)c1)c1ccc(Cl)o1. The predicted molar refractivity (Wildman–Crippen MR) is 78.2 cm³/mol. The Morgan fingerprint density at radius 3 is 2.65 bits per heavy atom. The van der Waals surface area contributed by atoms with Crippen molar-refractivity contribution in [3.05, 3.63) is 71.4 Å². The van der Waals surface area contributed by atoms with Crippen LogP contribution in [0.1, 0.15) is 17.4 Å². The lowest BCUT2D eigenvalue weighted by molar-refractivity contribution is 0.465. The van der Waals surface area contributed by atoms with Gasteiger partial charge in [0.1, 0.15) is 5.76 Å². The van der Waals surface area contributed by atoms with Crippen LogP contribution in [0, 0.1) is 0 Å². The summed E-state index contributed by atoms with van der Waals surface area (Å²) in [5, 5.41) is 7.98.